The summed E-state index contributed by atoms with van der Waals surface area (Å²) in [7, 11) is 0. The number of thiol groups is 1. The Labute approximate surface area is 194 Å². The van der Waals surface area contributed by atoms with Crippen molar-refractivity contribution in [3.8, 4) is 5.75 Å². The van der Waals surface area contributed by atoms with E-state index in [0.717, 1.165) is 0 Å². The Balaban J connectivity index is 3.01. The third-order valence-corrected chi connectivity index (χ3v) is 4.74. The molecular formula is C19H27N5O8S. The highest BCUT2D eigenvalue weighted by molar-refractivity contribution is 7.80. The molecule has 33 heavy (non-hydrogen) atoms. The summed E-state index contributed by atoms with van der Waals surface area (Å²) in [5.74, 6) is -5.12. The maximum absolute atomic E-state index is 12.9. The largest absolute Gasteiger partial charge is 0.508 e. The number of primary amides is 1. The van der Waals surface area contributed by atoms with Crippen molar-refractivity contribution in [1.82, 2.24) is 16.0 Å². The molecule has 182 valence electrons. The molecule has 1 rings (SSSR count). The average Bonchev–Trinajstić information content (AvgIpc) is 2.75. The van der Waals surface area contributed by atoms with Crippen LogP contribution < -0.4 is 27.4 Å². The molecule has 4 unspecified atom stereocenters. The maximum atomic E-state index is 12.9. The van der Waals surface area contributed by atoms with E-state index in [0.29, 0.717) is 5.56 Å². The molecule has 0 fully saturated rings. The summed E-state index contributed by atoms with van der Waals surface area (Å²) in [6.45, 7) is -0.869. The number of aliphatic carboxylic acids is 1. The van der Waals surface area contributed by atoms with Crippen LogP contribution in [-0.2, 0) is 30.4 Å². The summed E-state index contributed by atoms with van der Waals surface area (Å²) in [5, 5.41) is 34.2. The molecule has 1 aromatic rings. The molecule has 0 bridgehead atoms. The van der Waals surface area contributed by atoms with Gasteiger partial charge in [0.05, 0.1) is 19.1 Å². The van der Waals surface area contributed by atoms with Gasteiger partial charge in [-0.25, -0.2) is 4.79 Å². The van der Waals surface area contributed by atoms with Crippen LogP contribution in [0.5, 0.6) is 5.75 Å². The Morgan fingerprint density at radius 2 is 1.42 bits per heavy atom. The van der Waals surface area contributed by atoms with Crippen LogP contribution >= 0.6 is 12.6 Å². The molecular weight excluding hydrogens is 458 g/mol. The Hall–Kier alpha value is -3.36. The number of carboxylic acids is 1. The van der Waals surface area contributed by atoms with Crippen molar-refractivity contribution in [3.05, 3.63) is 29.8 Å². The minimum atomic E-state index is -1.59. The van der Waals surface area contributed by atoms with Crippen LogP contribution in [0.4, 0.5) is 0 Å². The zero-order chi connectivity index (χ0) is 25.1. The number of hydrogen-bond acceptors (Lipinski definition) is 9. The van der Waals surface area contributed by atoms with Crippen molar-refractivity contribution in [2.45, 2.75) is 37.0 Å². The fraction of sp³-hybridized carbons (Fsp3) is 0.421. The van der Waals surface area contributed by atoms with Gasteiger partial charge in [-0.3, -0.25) is 19.2 Å². The highest BCUT2D eigenvalue weighted by Gasteiger charge is 2.30. The lowest BCUT2D eigenvalue weighted by Crippen LogP contribution is -2.58. The molecule has 4 atom stereocenters. The van der Waals surface area contributed by atoms with E-state index in [9.17, 15) is 29.1 Å². The zero-order valence-electron chi connectivity index (χ0n) is 17.4. The van der Waals surface area contributed by atoms with Crippen LogP contribution in [0.1, 0.15) is 12.0 Å². The number of amides is 4. The number of aromatic hydroxyl groups is 1. The normalized spacial score (nSPS) is 14.3. The molecule has 0 heterocycles. The molecule has 10 N–H and O–H groups in total. The number of nitrogens with two attached hydrogens (primary N) is 2. The number of phenolic OH excluding ortho intramolecular Hbond substituents is 1. The number of rotatable bonds is 13. The van der Waals surface area contributed by atoms with E-state index in [2.05, 4.69) is 28.6 Å². The molecule has 13 nitrogen and oxygen atoms in total. The monoisotopic (exact) mass is 485 g/mol. The Bertz CT molecular complexity index is 866. The summed E-state index contributed by atoms with van der Waals surface area (Å²) in [5.41, 5.74) is 11.2. The number of carboxylic acid groups (broad SMARTS) is 1. The number of hydrogen-bond donors (Lipinski definition) is 9. The molecule has 14 heteroatoms. The second-order valence-corrected chi connectivity index (χ2v) is 7.40. The third kappa shape index (κ3) is 9.34. The third-order valence-electron chi connectivity index (χ3n) is 4.38. The first-order valence-corrected chi connectivity index (χ1v) is 10.3. The van der Waals surface area contributed by atoms with Gasteiger partial charge in [0.15, 0.2) is 0 Å². The van der Waals surface area contributed by atoms with E-state index in [1.165, 1.54) is 24.3 Å². The minimum Gasteiger partial charge on any atom is -0.508 e. The number of benzene rings is 1. The molecule has 0 aliphatic heterocycles. The van der Waals surface area contributed by atoms with Gasteiger partial charge in [0.25, 0.3) is 0 Å². The Kier molecular flexibility index (Phi) is 11.1. The minimum absolute atomic E-state index is 0.0176. The first-order valence-electron chi connectivity index (χ1n) is 9.65. The zero-order valence-corrected chi connectivity index (χ0v) is 18.3. The highest BCUT2D eigenvalue weighted by atomic mass is 32.1. The van der Waals surface area contributed by atoms with Crippen molar-refractivity contribution in [2.75, 3.05) is 12.4 Å². The quantitative estimate of drug-likeness (QED) is 0.126. The number of phenols is 1. The standard InChI is InChI=1S/C19H27N5O8S/c20-11(6-15(21)27)16(28)22-12(5-9-1-3-10(26)4-2-9)17(29)24-14(8-33)18(30)23-13(7-25)19(31)32/h1-4,11-14,25-26,33H,5-8,20H2,(H2,21,27)(H,22,28)(H,23,30)(H,24,29)(H,31,32). The molecule has 0 saturated carbocycles. The van der Waals surface area contributed by atoms with Crippen molar-refractivity contribution < 1.29 is 39.3 Å². The molecule has 0 radical (unpaired) electrons. The van der Waals surface area contributed by atoms with Crippen molar-refractivity contribution in [1.29, 1.82) is 0 Å². The number of aliphatic hydroxyl groups is 1. The number of nitrogens with one attached hydrogen (secondary N) is 3. The maximum Gasteiger partial charge on any atom is 0.328 e. The van der Waals surface area contributed by atoms with Crippen LogP contribution in [-0.4, -0.2) is 81.4 Å². The molecule has 0 aliphatic rings. The number of carbonyl (C=O) groups excluding carboxylic acids is 4. The van der Waals surface area contributed by atoms with Gasteiger partial charge >= 0.3 is 5.97 Å². The van der Waals surface area contributed by atoms with E-state index in [-0.39, 0.29) is 17.9 Å². The van der Waals surface area contributed by atoms with Gasteiger partial charge in [-0.2, -0.15) is 12.6 Å². The second kappa shape index (κ2) is 13.2. The van der Waals surface area contributed by atoms with Gasteiger partial charge in [0.1, 0.15) is 23.9 Å². The van der Waals surface area contributed by atoms with Crippen LogP contribution in [0.15, 0.2) is 24.3 Å². The molecule has 0 spiro atoms. The average molecular weight is 486 g/mol. The van der Waals surface area contributed by atoms with E-state index in [1.54, 1.807) is 0 Å². The molecule has 1 aromatic carbocycles. The molecule has 0 aromatic heterocycles. The lowest BCUT2D eigenvalue weighted by molar-refractivity contribution is -0.143. The van der Waals surface area contributed by atoms with E-state index in [1.807, 2.05) is 0 Å². The van der Waals surface area contributed by atoms with Crippen molar-refractivity contribution in [2.24, 2.45) is 11.5 Å². The van der Waals surface area contributed by atoms with Gasteiger partial charge in [0, 0.05) is 12.2 Å². The summed E-state index contributed by atoms with van der Waals surface area (Å²) in [4.78, 5) is 59.6. The van der Waals surface area contributed by atoms with E-state index >= 15 is 0 Å². The van der Waals surface area contributed by atoms with Crippen LogP contribution in [0.25, 0.3) is 0 Å². The van der Waals surface area contributed by atoms with Crippen molar-refractivity contribution in [3.63, 3.8) is 0 Å². The Morgan fingerprint density at radius 3 is 1.91 bits per heavy atom. The number of carbonyl (C=O) groups is 5. The first-order chi connectivity index (χ1) is 15.5. The van der Waals surface area contributed by atoms with Gasteiger partial charge in [-0.1, -0.05) is 12.1 Å². The second-order valence-electron chi connectivity index (χ2n) is 7.03. The van der Waals surface area contributed by atoms with Crippen molar-refractivity contribution >= 4 is 42.2 Å². The summed E-state index contributed by atoms with van der Waals surface area (Å²) >= 11 is 3.98. The van der Waals surface area contributed by atoms with Crippen LogP contribution in [0.3, 0.4) is 0 Å². The predicted molar refractivity (Wildman–Crippen MR) is 118 cm³/mol. The van der Waals surface area contributed by atoms with Crippen LogP contribution in [0, 0.1) is 0 Å². The van der Waals surface area contributed by atoms with Gasteiger partial charge in [-0.05, 0) is 17.7 Å². The lowest BCUT2D eigenvalue weighted by atomic mass is 10.0. The predicted octanol–water partition coefficient (Wildman–Crippen LogP) is -3.40. The van der Waals surface area contributed by atoms with Crippen LogP contribution in [0.2, 0.25) is 0 Å². The first kappa shape index (κ1) is 27.7. The Morgan fingerprint density at radius 1 is 0.909 bits per heavy atom. The van der Waals surface area contributed by atoms with Gasteiger partial charge < -0.3 is 42.7 Å². The topological polar surface area (TPSA) is 234 Å². The SMILES string of the molecule is NC(=O)CC(N)C(=O)NC(Cc1ccc(O)cc1)C(=O)NC(CS)C(=O)NC(CO)C(=O)O. The summed E-state index contributed by atoms with van der Waals surface area (Å²) < 4.78 is 0. The van der Waals surface area contributed by atoms with Gasteiger partial charge in [0.2, 0.25) is 23.6 Å². The van der Waals surface area contributed by atoms with E-state index in [4.69, 9.17) is 21.7 Å². The highest BCUT2D eigenvalue weighted by Crippen LogP contribution is 2.12. The molecule has 0 saturated heterocycles. The fourth-order valence-electron chi connectivity index (χ4n) is 2.59. The summed E-state index contributed by atoms with van der Waals surface area (Å²) in [6, 6.07) is 0.292. The smallest absolute Gasteiger partial charge is 0.328 e. The van der Waals surface area contributed by atoms with Gasteiger partial charge in [-0.15, -0.1) is 0 Å². The summed E-state index contributed by atoms with van der Waals surface area (Å²) in [6.07, 6.45) is -0.533. The lowest BCUT2D eigenvalue weighted by Gasteiger charge is -2.24. The molecule has 0 aliphatic carbocycles. The molecule has 4 amide bonds. The fourth-order valence-corrected chi connectivity index (χ4v) is 2.85. The number of aliphatic hydroxyl groups excluding tert-OH is 1. The van der Waals surface area contributed by atoms with E-state index < -0.39 is 66.8 Å².